The quantitative estimate of drug-likeness (QED) is 0.762. The molecule has 2 amide bonds. The van der Waals surface area contributed by atoms with Crippen LogP contribution >= 0.6 is 0 Å². The molecule has 0 aromatic heterocycles. The molecule has 4 heteroatoms. The van der Waals surface area contributed by atoms with Crippen LogP contribution in [0.1, 0.15) is 44.9 Å². The predicted molar refractivity (Wildman–Crippen MR) is 67.8 cm³/mol. The van der Waals surface area contributed by atoms with Crippen molar-refractivity contribution in [1.82, 2.24) is 10.2 Å². The molecular weight excluding hydrogens is 228 g/mol. The zero-order valence-electron chi connectivity index (χ0n) is 10.9. The van der Waals surface area contributed by atoms with E-state index in [0.717, 1.165) is 25.3 Å². The van der Waals surface area contributed by atoms with Gasteiger partial charge in [0.1, 0.15) is 0 Å². The number of amides is 2. The summed E-state index contributed by atoms with van der Waals surface area (Å²) in [5, 5.41) is 2.83. The summed E-state index contributed by atoms with van der Waals surface area (Å²) >= 11 is 0. The lowest BCUT2D eigenvalue weighted by Gasteiger charge is -2.40. The van der Waals surface area contributed by atoms with Gasteiger partial charge in [-0.25, -0.2) is 0 Å². The Labute approximate surface area is 108 Å². The van der Waals surface area contributed by atoms with Gasteiger partial charge in [0, 0.05) is 25.6 Å². The number of nitrogens with one attached hydrogen (secondary N) is 1. The molecule has 0 aromatic rings. The Morgan fingerprint density at radius 1 is 1.17 bits per heavy atom. The van der Waals surface area contributed by atoms with Gasteiger partial charge in [-0.05, 0) is 38.0 Å². The van der Waals surface area contributed by atoms with Crippen LogP contribution in [-0.2, 0) is 9.59 Å². The summed E-state index contributed by atoms with van der Waals surface area (Å²) in [5.41, 5.74) is 0. The molecule has 0 radical (unpaired) electrons. The van der Waals surface area contributed by atoms with Crippen LogP contribution in [0.2, 0.25) is 0 Å². The van der Waals surface area contributed by atoms with Gasteiger partial charge in [0.05, 0.1) is 5.92 Å². The Morgan fingerprint density at radius 3 is 2.78 bits per heavy atom. The first kappa shape index (κ1) is 12.0. The molecule has 3 atom stereocenters. The second-order valence-electron chi connectivity index (χ2n) is 5.97. The highest BCUT2D eigenvalue weighted by atomic mass is 16.2. The molecule has 100 valence electrons. The van der Waals surface area contributed by atoms with Gasteiger partial charge in [-0.1, -0.05) is 6.42 Å². The fraction of sp³-hybridized carbons (Fsp3) is 0.857. The van der Waals surface area contributed by atoms with Gasteiger partial charge in [-0.15, -0.1) is 0 Å². The van der Waals surface area contributed by atoms with Crippen molar-refractivity contribution < 1.29 is 9.59 Å². The molecule has 3 aliphatic rings. The minimum absolute atomic E-state index is 0.0297. The lowest BCUT2D eigenvalue weighted by molar-refractivity contribution is -0.141. The van der Waals surface area contributed by atoms with Gasteiger partial charge in [0.2, 0.25) is 11.8 Å². The number of carbonyl (C=O) groups is 2. The van der Waals surface area contributed by atoms with Gasteiger partial charge in [-0.2, -0.15) is 0 Å². The van der Waals surface area contributed by atoms with Crippen molar-refractivity contribution in [1.29, 1.82) is 0 Å². The van der Waals surface area contributed by atoms with E-state index < -0.39 is 0 Å². The van der Waals surface area contributed by atoms with Crippen molar-refractivity contribution in [3.8, 4) is 0 Å². The number of piperidine rings is 2. The van der Waals surface area contributed by atoms with Crippen LogP contribution in [0.15, 0.2) is 0 Å². The molecule has 0 spiro atoms. The molecule has 1 saturated carbocycles. The van der Waals surface area contributed by atoms with Crippen LogP contribution in [0.4, 0.5) is 0 Å². The molecule has 18 heavy (non-hydrogen) atoms. The number of hydrogen-bond donors (Lipinski definition) is 1. The third kappa shape index (κ3) is 2.13. The topological polar surface area (TPSA) is 49.4 Å². The fourth-order valence-electron chi connectivity index (χ4n) is 3.91. The molecule has 4 nitrogen and oxygen atoms in total. The fourth-order valence-corrected chi connectivity index (χ4v) is 3.91. The maximum atomic E-state index is 12.6. The standard InChI is InChI=1S/C14H22N2O2/c17-13-7-6-11(9-15-13)14(18)16-8-2-4-10-3-1-5-12(10)16/h10-12H,1-9H2,(H,15,17). The van der Waals surface area contributed by atoms with Crippen molar-refractivity contribution in [2.75, 3.05) is 13.1 Å². The monoisotopic (exact) mass is 250 g/mol. The number of rotatable bonds is 1. The third-order valence-electron chi connectivity index (χ3n) is 4.89. The SMILES string of the molecule is O=C1CCC(C(=O)N2CCCC3CCCC32)CN1. The molecule has 3 unspecified atom stereocenters. The van der Waals surface area contributed by atoms with E-state index in [9.17, 15) is 9.59 Å². The summed E-state index contributed by atoms with van der Waals surface area (Å²) in [6, 6.07) is 0.504. The zero-order valence-corrected chi connectivity index (χ0v) is 10.9. The number of likely N-dealkylation sites (tertiary alicyclic amines) is 1. The van der Waals surface area contributed by atoms with Gasteiger partial charge >= 0.3 is 0 Å². The Kier molecular flexibility index (Phi) is 3.27. The van der Waals surface area contributed by atoms with E-state index in [2.05, 4.69) is 10.2 Å². The zero-order chi connectivity index (χ0) is 12.5. The predicted octanol–water partition coefficient (Wildman–Crippen LogP) is 1.30. The molecule has 0 aromatic carbocycles. The highest BCUT2D eigenvalue weighted by Gasteiger charge is 2.39. The summed E-state index contributed by atoms with van der Waals surface area (Å²) in [4.78, 5) is 25.9. The molecule has 1 N–H and O–H groups in total. The Bertz CT molecular complexity index is 346. The molecule has 2 saturated heterocycles. The van der Waals surface area contributed by atoms with Crippen molar-refractivity contribution in [2.24, 2.45) is 11.8 Å². The van der Waals surface area contributed by atoms with E-state index >= 15 is 0 Å². The largest absolute Gasteiger partial charge is 0.355 e. The Balaban J connectivity index is 1.66. The van der Waals surface area contributed by atoms with E-state index in [1.165, 1.54) is 25.7 Å². The smallest absolute Gasteiger partial charge is 0.227 e. The lowest BCUT2D eigenvalue weighted by Crippen LogP contribution is -2.51. The number of hydrogen-bond acceptors (Lipinski definition) is 2. The van der Waals surface area contributed by atoms with E-state index in [0.29, 0.717) is 24.9 Å². The number of carbonyl (C=O) groups excluding carboxylic acids is 2. The van der Waals surface area contributed by atoms with E-state index in [4.69, 9.17) is 0 Å². The second-order valence-corrected chi connectivity index (χ2v) is 5.97. The van der Waals surface area contributed by atoms with Crippen molar-refractivity contribution in [3.63, 3.8) is 0 Å². The van der Waals surface area contributed by atoms with Gasteiger partial charge in [0.15, 0.2) is 0 Å². The first-order valence-electron chi connectivity index (χ1n) is 7.33. The molecule has 2 aliphatic heterocycles. The van der Waals surface area contributed by atoms with E-state index in [1.807, 2.05) is 0 Å². The number of fused-ring (bicyclic) bond motifs is 1. The van der Waals surface area contributed by atoms with Crippen molar-refractivity contribution >= 4 is 11.8 Å². The molecule has 3 rings (SSSR count). The summed E-state index contributed by atoms with van der Waals surface area (Å²) in [7, 11) is 0. The second kappa shape index (κ2) is 4.90. The minimum atomic E-state index is 0.0297. The normalized spacial score (nSPS) is 36.1. The average molecular weight is 250 g/mol. The molecule has 2 heterocycles. The highest BCUT2D eigenvalue weighted by Crippen LogP contribution is 2.37. The maximum absolute atomic E-state index is 12.6. The van der Waals surface area contributed by atoms with Crippen LogP contribution in [0.5, 0.6) is 0 Å². The first-order chi connectivity index (χ1) is 8.75. The van der Waals surface area contributed by atoms with Crippen molar-refractivity contribution in [3.05, 3.63) is 0 Å². The number of nitrogens with zero attached hydrogens (tertiary/aromatic N) is 1. The van der Waals surface area contributed by atoms with Gasteiger partial charge < -0.3 is 10.2 Å². The summed E-state index contributed by atoms with van der Waals surface area (Å²) in [6.45, 7) is 1.48. The molecule has 0 bridgehead atoms. The van der Waals surface area contributed by atoms with Gasteiger partial charge in [0.25, 0.3) is 0 Å². The Morgan fingerprint density at radius 2 is 2.00 bits per heavy atom. The van der Waals surface area contributed by atoms with Crippen LogP contribution in [0.3, 0.4) is 0 Å². The summed E-state index contributed by atoms with van der Waals surface area (Å²) < 4.78 is 0. The van der Waals surface area contributed by atoms with Crippen LogP contribution in [0, 0.1) is 11.8 Å². The third-order valence-corrected chi connectivity index (χ3v) is 4.89. The molecular formula is C14H22N2O2. The van der Waals surface area contributed by atoms with E-state index in [-0.39, 0.29) is 11.8 Å². The van der Waals surface area contributed by atoms with Crippen LogP contribution in [0.25, 0.3) is 0 Å². The lowest BCUT2D eigenvalue weighted by atomic mass is 9.89. The summed E-state index contributed by atoms with van der Waals surface area (Å²) in [5.74, 6) is 1.17. The minimum Gasteiger partial charge on any atom is -0.355 e. The highest BCUT2D eigenvalue weighted by molar-refractivity contribution is 5.84. The summed E-state index contributed by atoms with van der Waals surface area (Å²) in [6.07, 6.45) is 7.48. The van der Waals surface area contributed by atoms with Crippen molar-refractivity contribution in [2.45, 2.75) is 51.0 Å². The van der Waals surface area contributed by atoms with E-state index in [1.54, 1.807) is 0 Å². The van der Waals surface area contributed by atoms with Crippen LogP contribution in [-0.4, -0.2) is 35.8 Å². The average Bonchev–Trinajstić information content (AvgIpc) is 2.87. The maximum Gasteiger partial charge on any atom is 0.227 e. The Hall–Kier alpha value is -1.06. The van der Waals surface area contributed by atoms with Crippen LogP contribution < -0.4 is 5.32 Å². The van der Waals surface area contributed by atoms with Gasteiger partial charge in [-0.3, -0.25) is 9.59 Å². The first-order valence-corrected chi connectivity index (χ1v) is 7.33. The molecule has 1 aliphatic carbocycles. The molecule has 3 fully saturated rings.